The van der Waals surface area contributed by atoms with Crippen LogP contribution in [0.5, 0.6) is 0 Å². The zero-order valence-corrected chi connectivity index (χ0v) is 27.3. The minimum atomic E-state index is -0.0509. The maximum absolute atomic E-state index is 12.5. The third kappa shape index (κ3) is 8.29. The second kappa shape index (κ2) is 17.0. The third-order valence-corrected chi connectivity index (χ3v) is 8.59. The first-order valence-electron chi connectivity index (χ1n) is 14.3. The lowest BCUT2D eigenvalue weighted by Crippen LogP contribution is -2.38. The molecule has 1 heterocycles. The van der Waals surface area contributed by atoms with E-state index in [0.29, 0.717) is 34.9 Å². The molecule has 1 aliphatic heterocycles. The molecule has 7 heteroatoms. The lowest BCUT2D eigenvalue weighted by Gasteiger charge is -2.42. The van der Waals surface area contributed by atoms with Gasteiger partial charge in [-0.25, -0.2) is 4.79 Å². The smallest absolute Gasteiger partial charge is 0.165 e. The van der Waals surface area contributed by atoms with E-state index in [0.717, 1.165) is 61.4 Å². The molecule has 0 amide bonds. The zero-order valence-electron chi connectivity index (χ0n) is 24.8. The zero-order chi connectivity index (χ0) is 28.9. The number of hydrogen-bond acceptors (Lipinski definition) is 6. The second-order valence-electron chi connectivity index (χ2n) is 9.83. The SMILES string of the molecule is CC.CCC(C)CC(S)C1=C(Br)C(=C=O)C(OCc2ccccc2)=C(C(=C2CCC2)N(CC)CCOC)N1C. The van der Waals surface area contributed by atoms with Gasteiger partial charge in [0.25, 0.3) is 0 Å². The molecule has 1 aromatic carbocycles. The highest BCUT2D eigenvalue weighted by Crippen LogP contribution is 2.46. The largest absolute Gasteiger partial charge is 0.485 e. The molecule has 3 rings (SSSR count). The Morgan fingerprint density at radius 1 is 1.21 bits per heavy atom. The van der Waals surface area contributed by atoms with Crippen LogP contribution in [0.25, 0.3) is 0 Å². The van der Waals surface area contributed by atoms with Crippen molar-refractivity contribution < 1.29 is 14.3 Å². The molecular weight excluding hydrogens is 572 g/mol. The molecule has 39 heavy (non-hydrogen) atoms. The number of nitrogens with zero attached hydrogens (tertiary/aromatic N) is 2. The summed E-state index contributed by atoms with van der Waals surface area (Å²) in [4.78, 5) is 17.1. The normalized spacial score (nSPS) is 16.7. The fourth-order valence-electron chi connectivity index (χ4n) is 4.78. The van der Waals surface area contributed by atoms with Crippen LogP contribution in [0.4, 0.5) is 0 Å². The summed E-state index contributed by atoms with van der Waals surface area (Å²) >= 11 is 8.81. The lowest BCUT2D eigenvalue weighted by molar-refractivity contribution is 0.160. The molecule has 1 aromatic rings. The number of carbonyl (C=O) groups excluding carboxylic acids is 1. The summed E-state index contributed by atoms with van der Waals surface area (Å²) in [5.41, 5.74) is 5.89. The summed E-state index contributed by atoms with van der Waals surface area (Å²) in [6, 6.07) is 10.0. The van der Waals surface area contributed by atoms with Gasteiger partial charge in [0, 0.05) is 38.2 Å². The summed E-state index contributed by atoms with van der Waals surface area (Å²) in [5.74, 6) is 3.29. The Kier molecular flexibility index (Phi) is 14.5. The highest BCUT2D eigenvalue weighted by molar-refractivity contribution is 9.12. The third-order valence-electron chi connectivity index (χ3n) is 7.33. The fourth-order valence-corrected chi connectivity index (χ4v) is 6.43. The summed E-state index contributed by atoms with van der Waals surface area (Å²) in [6.45, 7) is 13.2. The Labute approximate surface area is 250 Å². The van der Waals surface area contributed by atoms with Crippen molar-refractivity contribution in [2.45, 2.75) is 78.6 Å². The monoisotopic (exact) mass is 618 g/mol. The van der Waals surface area contributed by atoms with E-state index in [1.807, 2.05) is 44.2 Å². The number of thiol groups is 1. The number of allylic oxidation sites excluding steroid dienone is 2. The van der Waals surface area contributed by atoms with E-state index < -0.39 is 0 Å². The Balaban J connectivity index is 0.00000260. The van der Waals surface area contributed by atoms with E-state index >= 15 is 0 Å². The van der Waals surface area contributed by atoms with Gasteiger partial charge in [-0.3, -0.25) is 0 Å². The maximum Gasteiger partial charge on any atom is 0.165 e. The number of benzene rings is 1. The molecule has 2 aliphatic rings. The van der Waals surface area contributed by atoms with Crippen LogP contribution in [-0.2, 0) is 20.9 Å². The van der Waals surface area contributed by atoms with Crippen molar-refractivity contribution in [2.75, 3.05) is 33.9 Å². The highest BCUT2D eigenvalue weighted by Gasteiger charge is 2.38. The van der Waals surface area contributed by atoms with Crippen molar-refractivity contribution in [1.29, 1.82) is 0 Å². The Bertz CT molecular complexity index is 1070. The van der Waals surface area contributed by atoms with Crippen LogP contribution in [0.3, 0.4) is 0 Å². The van der Waals surface area contributed by atoms with Gasteiger partial charge in [-0.05, 0) is 65.6 Å². The van der Waals surface area contributed by atoms with Crippen molar-refractivity contribution in [3.63, 3.8) is 0 Å². The van der Waals surface area contributed by atoms with Gasteiger partial charge in [0.1, 0.15) is 23.8 Å². The van der Waals surface area contributed by atoms with Gasteiger partial charge in [0.2, 0.25) is 0 Å². The predicted octanol–water partition coefficient (Wildman–Crippen LogP) is 7.89. The Hall–Kier alpha value is -1.92. The molecule has 2 atom stereocenters. The molecule has 0 N–H and O–H groups in total. The standard InChI is InChI=1S/C30H41BrN2O3S.C2H6/c1-6-21(3)18-25(37)28-26(31)24(19-34)30(36-20-22-12-9-8-10-13-22)29(32(28)4)27(23-14-11-15-23)33(7-2)16-17-35-5;1-2/h8-10,12-13,21,25,37H,6-7,11,14-18,20H2,1-5H3;1-2H3. The van der Waals surface area contributed by atoms with Crippen molar-refractivity contribution >= 4 is 34.5 Å². The molecule has 0 spiro atoms. The predicted molar refractivity (Wildman–Crippen MR) is 169 cm³/mol. The van der Waals surface area contributed by atoms with Crippen molar-refractivity contribution in [3.8, 4) is 0 Å². The number of likely N-dealkylation sites (N-methyl/N-ethyl adjacent to an activating group) is 2. The summed E-state index contributed by atoms with van der Waals surface area (Å²) in [5, 5.41) is -0.0509. The minimum Gasteiger partial charge on any atom is -0.485 e. The average Bonchev–Trinajstić information content (AvgIpc) is 2.92. The van der Waals surface area contributed by atoms with Crippen molar-refractivity contribution in [1.82, 2.24) is 9.80 Å². The molecule has 0 saturated heterocycles. The molecule has 5 nitrogen and oxygen atoms in total. The van der Waals surface area contributed by atoms with E-state index in [1.165, 1.54) is 12.0 Å². The summed E-state index contributed by atoms with van der Waals surface area (Å²) in [6.07, 6.45) is 5.23. The number of methoxy groups -OCH3 is 1. The van der Waals surface area contributed by atoms with Crippen LogP contribution >= 0.6 is 28.6 Å². The number of rotatable bonds is 13. The highest BCUT2D eigenvalue weighted by atomic mass is 79.9. The lowest BCUT2D eigenvalue weighted by atomic mass is 9.87. The Morgan fingerprint density at radius 3 is 2.38 bits per heavy atom. The maximum atomic E-state index is 12.5. The van der Waals surface area contributed by atoms with E-state index in [9.17, 15) is 4.79 Å². The van der Waals surface area contributed by atoms with Gasteiger partial charge < -0.3 is 19.3 Å². The molecule has 1 fully saturated rings. The molecular formula is C32H47BrN2O3S. The van der Waals surface area contributed by atoms with Crippen LogP contribution in [0.1, 0.15) is 72.3 Å². The number of halogens is 1. The van der Waals surface area contributed by atoms with Crippen LogP contribution in [0.15, 0.2) is 68.8 Å². The van der Waals surface area contributed by atoms with Crippen molar-refractivity contribution in [2.24, 2.45) is 5.92 Å². The molecule has 0 bridgehead atoms. The molecule has 216 valence electrons. The summed E-state index contributed by atoms with van der Waals surface area (Å²) < 4.78 is 12.7. The van der Waals surface area contributed by atoms with Gasteiger partial charge in [-0.1, -0.05) is 64.4 Å². The Morgan fingerprint density at radius 2 is 1.87 bits per heavy atom. The van der Waals surface area contributed by atoms with E-state index in [2.05, 4.69) is 59.5 Å². The minimum absolute atomic E-state index is 0.0509. The molecule has 1 saturated carbocycles. The van der Waals surface area contributed by atoms with Crippen LogP contribution in [-0.4, -0.2) is 54.8 Å². The topological polar surface area (TPSA) is 42.0 Å². The van der Waals surface area contributed by atoms with Crippen LogP contribution < -0.4 is 0 Å². The van der Waals surface area contributed by atoms with Crippen LogP contribution in [0, 0.1) is 5.92 Å². The second-order valence-corrected chi connectivity index (χ2v) is 11.2. The average molecular weight is 620 g/mol. The van der Waals surface area contributed by atoms with E-state index in [-0.39, 0.29) is 5.25 Å². The van der Waals surface area contributed by atoms with Gasteiger partial charge in [-0.15, -0.1) is 0 Å². The molecule has 0 aromatic heterocycles. The summed E-state index contributed by atoms with van der Waals surface area (Å²) in [7, 11) is 3.80. The van der Waals surface area contributed by atoms with Gasteiger partial charge in [0.05, 0.1) is 16.8 Å². The fraction of sp³-hybridized carbons (Fsp3) is 0.562. The first-order valence-corrected chi connectivity index (χ1v) is 15.6. The van der Waals surface area contributed by atoms with Crippen molar-refractivity contribution in [3.05, 3.63) is 74.4 Å². The molecule has 0 radical (unpaired) electrons. The van der Waals surface area contributed by atoms with E-state index in [1.54, 1.807) is 7.11 Å². The number of hydrogen-bond donors (Lipinski definition) is 1. The van der Waals surface area contributed by atoms with Gasteiger partial charge in [-0.2, -0.15) is 12.6 Å². The van der Waals surface area contributed by atoms with Gasteiger partial charge in [0.15, 0.2) is 5.76 Å². The first kappa shape index (κ1) is 33.3. The van der Waals surface area contributed by atoms with Gasteiger partial charge >= 0.3 is 0 Å². The van der Waals surface area contributed by atoms with E-state index in [4.69, 9.17) is 22.1 Å². The number of ether oxygens (including phenoxy) is 2. The molecule has 1 aliphatic carbocycles. The molecule has 2 unspecified atom stereocenters. The first-order chi connectivity index (χ1) is 18.9. The van der Waals surface area contributed by atoms with Crippen LogP contribution in [0.2, 0.25) is 0 Å². The quantitative estimate of drug-likeness (QED) is 0.180.